The standard InChI is InChI=1S/C17H20N2O/c1-20-16-8-4-7-15(17(16)18)19-14-10-9-12-5-2-3-6-13(12)11-14/h2-8,14,19H,9-11,18H2,1H3. The summed E-state index contributed by atoms with van der Waals surface area (Å²) in [4.78, 5) is 0. The molecule has 0 fully saturated rings. The van der Waals surface area contributed by atoms with Crippen LogP contribution in [0.1, 0.15) is 17.5 Å². The topological polar surface area (TPSA) is 47.3 Å². The molecule has 3 N–H and O–H groups in total. The van der Waals surface area contributed by atoms with Gasteiger partial charge in [-0.05, 0) is 42.5 Å². The van der Waals surface area contributed by atoms with Crippen molar-refractivity contribution in [3.63, 3.8) is 0 Å². The second-order valence-electron chi connectivity index (χ2n) is 5.27. The number of benzene rings is 2. The number of fused-ring (bicyclic) bond motifs is 1. The molecule has 0 saturated carbocycles. The summed E-state index contributed by atoms with van der Waals surface area (Å²) < 4.78 is 5.27. The zero-order valence-corrected chi connectivity index (χ0v) is 11.7. The molecule has 0 aromatic heterocycles. The molecule has 0 amide bonds. The van der Waals surface area contributed by atoms with Crippen molar-refractivity contribution < 1.29 is 4.74 Å². The minimum atomic E-state index is 0.430. The lowest BCUT2D eigenvalue weighted by atomic mass is 9.88. The van der Waals surface area contributed by atoms with Gasteiger partial charge in [0.05, 0.1) is 18.5 Å². The number of anilines is 2. The molecule has 0 heterocycles. The Balaban J connectivity index is 1.77. The van der Waals surface area contributed by atoms with Crippen LogP contribution in [-0.2, 0) is 12.8 Å². The Morgan fingerprint density at radius 3 is 2.70 bits per heavy atom. The Labute approximate surface area is 119 Å². The summed E-state index contributed by atoms with van der Waals surface area (Å²) in [5.41, 5.74) is 10.7. The van der Waals surface area contributed by atoms with E-state index in [1.807, 2.05) is 18.2 Å². The summed E-state index contributed by atoms with van der Waals surface area (Å²) in [5, 5.41) is 3.56. The molecule has 1 aliphatic carbocycles. The normalized spacial score (nSPS) is 17.4. The van der Waals surface area contributed by atoms with Crippen molar-refractivity contribution in [3.8, 4) is 5.75 Å². The molecule has 0 bridgehead atoms. The van der Waals surface area contributed by atoms with E-state index in [-0.39, 0.29) is 0 Å². The molecule has 3 rings (SSSR count). The molecule has 2 aromatic rings. The highest BCUT2D eigenvalue weighted by atomic mass is 16.5. The molecular weight excluding hydrogens is 248 g/mol. The molecule has 0 spiro atoms. The maximum atomic E-state index is 6.12. The molecule has 1 atom stereocenters. The molecule has 0 aliphatic heterocycles. The number of rotatable bonds is 3. The van der Waals surface area contributed by atoms with Gasteiger partial charge >= 0.3 is 0 Å². The monoisotopic (exact) mass is 268 g/mol. The van der Waals surface area contributed by atoms with E-state index in [0.717, 1.165) is 30.7 Å². The average molecular weight is 268 g/mol. The second kappa shape index (κ2) is 5.45. The van der Waals surface area contributed by atoms with Crippen LogP contribution in [0.4, 0.5) is 11.4 Å². The lowest BCUT2D eigenvalue weighted by molar-refractivity contribution is 0.417. The molecule has 3 heteroatoms. The zero-order chi connectivity index (χ0) is 13.9. The van der Waals surface area contributed by atoms with Crippen LogP contribution in [0, 0.1) is 0 Å². The predicted octanol–water partition coefficient (Wildman–Crippen LogP) is 3.25. The van der Waals surface area contributed by atoms with Crippen LogP contribution in [0.5, 0.6) is 5.75 Å². The quantitative estimate of drug-likeness (QED) is 0.840. The van der Waals surface area contributed by atoms with E-state index in [0.29, 0.717) is 11.7 Å². The van der Waals surface area contributed by atoms with Gasteiger partial charge in [-0.25, -0.2) is 0 Å². The summed E-state index contributed by atoms with van der Waals surface area (Å²) in [6.07, 6.45) is 3.30. The van der Waals surface area contributed by atoms with E-state index in [9.17, 15) is 0 Å². The van der Waals surface area contributed by atoms with E-state index >= 15 is 0 Å². The molecule has 0 radical (unpaired) electrons. The van der Waals surface area contributed by atoms with Gasteiger partial charge in [-0.1, -0.05) is 30.3 Å². The van der Waals surface area contributed by atoms with Crippen molar-refractivity contribution in [2.24, 2.45) is 0 Å². The lowest BCUT2D eigenvalue weighted by Crippen LogP contribution is -2.27. The summed E-state index contributed by atoms with van der Waals surface area (Å²) in [7, 11) is 1.65. The largest absolute Gasteiger partial charge is 0.495 e. The van der Waals surface area contributed by atoms with E-state index in [1.165, 1.54) is 11.1 Å². The molecule has 1 aliphatic rings. The molecule has 20 heavy (non-hydrogen) atoms. The molecular formula is C17H20N2O. The predicted molar refractivity (Wildman–Crippen MR) is 83.3 cm³/mol. The third kappa shape index (κ3) is 2.44. The third-order valence-corrected chi connectivity index (χ3v) is 3.99. The van der Waals surface area contributed by atoms with Crippen molar-refractivity contribution >= 4 is 11.4 Å². The lowest BCUT2D eigenvalue weighted by Gasteiger charge is -2.27. The maximum absolute atomic E-state index is 6.12. The van der Waals surface area contributed by atoms with Crippen molar-refractivity contribution in [2.45, 2.75) is 25.3 Å². The SMILES string of the molecule is COc1cccc(NC2CCc3ccccc3C2)c1N. The van der Waals surface area contributed by atoms with Gasteiger partial charge in [-0.3, -0.25) is 0 Å². The fourth-order valence-corrected chi connectivity index (χ4v) is 2.89. The first-order valence-electron chi connectivity index (χ1n) is 7.03. The molecule has 1 unspecified atom stereocenters. The van der Waals surface area contributed by atoms with Gasteiger partial charge < -0.3 is 15.8 Å². The first-order valence-corrected chi connectivity index (χ1v) is 7.03. The van der Waals surface area contributed by atoms with Crippen LogP contribution in [0.15, 0.2) is 42.5 Å². The Kier molecular flexibility index (Phi) is 3.50. The zero-order valence-electron chi connectivity index (χ0n) is 11.7. The number of aryl methyl sites for hydroxylation is 1. The number of para-hydroxylation sites is 1. The molecule has 104 valence electrons. The van der Waals surface area contributed by atoms with E-state index in [1.54, 1.807) is 7.11 Å². The van der Waals surface area contributed by atoms with Gasteiger partial charge in [0.2, 0.25) is 0 Å². The highest BCUT2D eigenvalue weighted by Gasteiger charge is 2.19. The number of hydrogen-bond donors (Lipinski definition) is 2. The number of nitrogens with two attached hydrogens (primary N) is 1. The Bertz CT molecular complexity index is 610. The highest BCUT2D eigenvalue weighted by molar-refractivity contribution is 5.73. The fourth-order valence-electron chi connectivity index (χ4n) is 2.89. The van der Waals surface area contributed by atoms with Gasteiger partial charge in [0.25, 0.3) is 0 Å². The van der Waals surface area contributed by atoms with Gasteiger partial charge in [-0.2, -0.15) is 0 Å². The minimum absolute atomic E-state index is 0.430. The van der Waals surface area contributed by atoms with Crippen molar-refractivity contribution in [3.05, 3.63) is 53.6 Å². The average Bonchev–Trinajstić information content (AvgIpc) is 2.49. The number of nitrogens with one attached hydrogen (secondary N) is 1. The summed E-state index contributed by atoms with van der Waals surface area (Å²) >= 11 is 0. The van der Waals surface area contributed by atoms with Gasteiger partial charge in [0, 0.05) is 6.04 Å². The smallest absolute Gasteiger partial charge is 0.143 e. The Morgan fingerprint density at radius 1 is 1.10 bits per heavy atom. The Morgan fingerprint density at radius 2 is 1.90 bits per heavy atom. The maximum Gasteiger partial charge on any atom is 0.143 e. The fraction of sp³-hybridized carbons (Fsp3) is 0.294. The van der Waals surface area contributed by atoms with Gasteiger partial charge in [-0.15, -0.1) is 0 Å². The van der Waals surface area contributed by atoms with Crippen LogP contribution >= 0.6 is 0 Å². The first kappa shape index (κ1) is 12.9. The van der Waals surface area contributed by atoms with Crippen molar-refractivity contribution in [2.75, 3.05) is 18.2 Å². The number of ether oxygens (including phenoxy) is 1. The minimum Gasteiger partial charge on any atom is -0.495 e. The van der Waals surface area contributed by atoms with Crippen LogP contribution in [0.25, 0.3) is 0 Å². The molecule has 2 aromatic carbocycles. The van der Waals surface area contributed by atoms with E-state index in [4.69, 9.17) is 10.5 Å². The number of methoxy groups -OCH3 is 1. The Hall–Kier alpha value is -2.16. The second-order valence-corrected chi connectivity index (χ2v) is 5.27. The third-order valence-electron chi connectivity index (χ3n) is 3.99. The van der Waals surface area contributed by atoms with Gasteiger partial charge in [0.15, 0.2) is 0 Å². The van der Waals surface area contributed by atoms with Gasteiger partial charge in [0.1, 0.15) is 5.75 Å². The summed E-state index contributed by atoms with van der Waals surface area (Å²) in [6, 6.07) is 15.0. The summed E-state index contributed by atoms with van der Waals surface area (Å²) in [5.74, 6) is 0.728. The number of hydrogen-bond acceptors (Lipinski definition) is 3. The van der Waals surface area contributed by atoms with E-state index in [2.05, 4.69) is 29.6 Å². The van der Waals surface area contributed by atoms with Crippen LogP contribution in [-0.4, -0.2) is 13.2 Å². The van der Waals surface area contributed by atoms with Crippen LogP contribution < -0.4 is 15.8 Å². The first-order chi connectivity index (χ1) is 9.78. The highest BCUT2D eigenvalue weighted by Crippen LogP contribution is 2.31. The summed E-state index contributed by atoms with van der Waals surface area (Å²) in [6.45, 7) is 0. The van der Waals surface area contributed by atoms with Crippen molar-refractivity contribution in [1.29, 1.82) is 0 Å². The molecule has 3 nitrogen and oxygen atoms in total. The van der Waals surface area contributed by atoms with E-state index < -0.39 is 0 Å². The van der Waals surface area contributed by atoms with Crippen molar-refractivity contribution in [1.82, 2.24) is 0 Å². The van der Waals surface area contributed by atoms with Crippen LogP contribution in [0.2, 0.25) is 0 Å². The molecule has 0 saturated heterocycles. The van der Waals surface area contributed by atoms with Crippen LogP contribution in [0.3, 0.4) is 0 Å². The number of nitrogen functional groups attached to an aromatic ring is 1.